The van der Waals surface area contributed by atoms with Gasteiger partial charge in [-0.1, -0.05) is 0 Å². The standard InChI is InChI=1S/C20H18N2O5S/c1-26-12-7-5-11(6-8-12)19-22-14-4-2-3-13(17(14)28-19)21-18(23)15-9-10-16(27-15)20(24)25/h5-10,13H,2-4H2,1H3,(H,21,23)(H,24,25). The van der Waals surface area contributed by atoms with Gasteiger partial charge in [-0.2, -0.15) is 0 Å². The van der Waals surface area contributed by atoms with Crippen molar-refractivity contribution in [1.29, 1.82) is 0 Å². The minimum absolute atomic E-state index is 0.00980. The van der Waals surface area contributed by atoms with Gasteiger partial charge in [0.05, 0.1) is 23.7 Å². The number of ether oxygens (including phenoxy) is 1. The molecule has 1 aromatic carbocycles. The molecular weight excluding hydrogens is 380 g/mol. The van der Waals surface area contributed by atoms with E-state index < -0.39 is 11.9 Å². The van der Waals surface area contributed by atoms with E-state index in [1.807, 2.05) is 24.3 Å². The van der Waals surface area contributed by atoms with Crippen LogP contribution < -0.4 is 10.1 Å². The second kappa shape index (κ2) is 7.47. The Hall–Kier alpha value is -3.13. The minimum atomic E-state index is -1.20. The van der Waals surface area contributed by atoms with Crippen LogP contribution in [0.25, 0.3) is 10.6 Å². The summed E-state index contributed by atoms with van der Waals surface area (Å²) < 4.78 is 10.3. The van der Waals surface area contributed by atoms with Gasteiger partial charge in [0.1, 0.15) is 10.8 Å². The average Bonchev–Trinajstić information content (AvgIpc) is 3.36. The first kappa shape index (κ1) is 18.2. The first-order valence-electron chi connectivity index (χ1n) is 8.83. The molecule has 1 unspecified atom stereocenters. The number of furan rings is 1. The fraction of sp³-hybridized carbons (Fsp3) is 0.250. The third-order valence-corrected chi connectivity index (χ3v) is 5.89. The molecule has 1 atom stereocenters. The molecule has 1 aliphatic carbocycles. The van der Waals surface area contributed by atoms with Gasteiger partial charge in [-0.15, -0.1) is 11.3 Å². The average molecular weight is 398 g/mol. The second-order valence-electron chi connectivity index (χ2n) is 6.45. The Morgan fingerprint density at radius 2 is 1.96 bits per heavy atom. The largest absolute Gasteiger partial charge is 0.497 e. The van der Waals surface area contributed by atoms with Crippen LogP contribution in [-0.2, 0) is 6.42 Å². The number of methoxy groups -OCH3 is 1. The van der Waals surface area contributed by atoms with E-state index in [0.717, 1.165) is 46.2 Å². The molecular formula is C20H18N2O5S. The Morgan fingerprint density at radius 3 is 2.64 bits per heavy atom. The van der Waals surface area contributed by atoms with Crippen LogP contribution >= 0.6 is 11.3 Å². The summed E-state index contributed by atoms with van der Waals surface area (Å²) in [5.41, 5.74) is 2.00. The van der Waals surface area contributed by atoms with Crippen molar-refractivity contribution in [2.24, 2.45) is 0 Å². The summed E-state index contributed by atoms with van der Waals surface area (Å²) in [6, 6.07) is 10.2. The lowest BCUT2D eigenvalue weighted by atomic mass is 9.98. The highest BCUT2D eigenvalue weighted by Crippen LogP contribution is 2.38. The Balaban J connectivity index is 1.55. The lowest BCUT2D eigenvalue weighted by Crippen LogP contribution is -2.30. The van der Waals surface area contributed by atoms with Crippen LogP contribution in [0.15, 0.2) is 40.8 Å². The third kappa shape index (κ3) is 3.50. The predicted molar refractivity (Wildman–Crippen MR) is 103 cm³/mol. The normalized spacial score (nSPS) is 15.7. The maximum atomic E-state index is 12.5. The number of hydrogen-bond acceptors (Lipinski definition) is 6. The molecule has 8 heteroatoms. The number of carbonyl (C=O) groups is 2. The molecule has 28 heavy (non-hydrogen) atoms. The summed E-state index contributed by atoms with van der Waals surface area (Å²) in [4.78, 5) is 29.2. The maximum Gasteiger partial charge on any atom is 0.371 e. The molecule has 1 amide bonds. The summed E-state index contributed by atoms with van der Waals surface area (Å²) in [5, 5.41) is 12.8. The molecule has 3 aromatic rings. The molecule has 2 aromatic heterocycles. The van der Waals surface area contributed by atoms with Crippen molar-refractivity contribution < 1.29 is 23.8 Å². The molecule has 0 aliphatic heterocycles. The number of nitrogens with zero attached hydrogens (tertiary/aromatic N) is 1. The zero-order chi connectivity index (χ0) is 19.7. The fourth-order valence-corrected chi connectivity index (χ4v) is 4.42. The molecule has 7 nitrogen and oxygen atoms in total. The second-order valence-corrected chi connectivity index (χ2v) is 7.48. The van der Waals surface area contributed by atoms with Crippen molar-refractivity contribution in [3.63, 3.8) is 0 Å². The number of benzene rings is 1. The van der Waals surface area contributed by atoms with E-state index in [0.29, 0.717) is 0 Å². The van der Waals surface area contributed by atoms with Gasteiger partial charge >= 0.3 is 5.97 Å². The van der Waals surface area contributed by atoms with Crippen LogP contribution in [0.4, 0.5) is 0 Å². The summed E-state index contributed by atoms with van der Waals surface area (Å²) in [6.07, 6.45) is 2.59. The third-order valence-electron chi connectivity index (χ3n) is 4.63. The summed E-state index contributed by atoms with van der Waals surface area (Å²) >= 11 is 1.57. The summed E-state index contributed by atoms with van der Waals surface area (Å²) in [5.74, 6) is -1.11. The lowest BCUT2D eigenvalue weighted by Gasteiger charge is -2.21. The molecule has 2 N–H and O–H groups in total. The summed E-state index contributed by atoms with van der Waals surface area (Å²) in [7, 11) is 1.63. The van der Waals surface area contributed by atoms with Crippen molar-refractivity contribution in [2.45, 2.75) is 25.3 Å². The van der Waals surface area contributed by atoms with Crippen molar-refractivity contribution in [1.82, 2.24) is 10.3 Å². The fourth-order valence-electron chi connectivity index (χ4n) is 3.22. The van der Waals surface area contributed by atoms with Gasteiger partial charge in [0.25, 0.3) is 5.91 Å². The van der Waals surface area contributed by atoms with Gasteiger partial charge in [-0.25, -0.2) is 9.78 Å². The van der Waals surface area contributed by atoms with E-state index in [4.69, 9.17) is 19.2 Å². The van der Waals surface area contributed by atoms with Gasteiger partial charge in [0.2, 0.25) is 5.76 Å². The Kier molecular flexibility index (Phi) is 4.87. The number of thiazole rings is 1. The van der Waals surface area contributed by atoms with Crippen molar-refractivity contribution in [3.8, 4) is 16.3 Å². The van der Waals surface area contributed by atoms with Gasteiger partial charge in [0, 0.05) is 5.56 Å². The predicted octanol–water partition coefficient (Wildman–Crippen LogP) is 3.92. The van der Waals surface area contributed by atoms with E-state index in [2.05, 4.69) is 5.32 Å². The Labute approximate surface area is 165 Å². The first-order valence-corrected chi connectivity index (χ1v) is 9.65. The van der Waals surface area contributed by atoms with Gasteiger partial charge in [-0.05, 0) is 55.7 Å². The number of carboxylic acid groups (broad SMARTS) is 1. The molecule has 1 aliphatic rings. The number of fused-ring (bicyclic) bond motifs is 1. The SMILES string of the molecule is COc1ccc(-c2nc3c(s2)C(NC(=O)c2ccc(C(=O)O)o2)CCC3)cc1. The number of hydrogen-bond donors (Lipinski definition) is 2. The maximum absolute atomic E-state index is 12.5. The van der Waals surface area contributed by atoms with Crippen molar-refractivity contribution in [2.75, 3.05) is 7.11 Å². The van der Waals surface area contributed by atoms with Crippen LogP contribution in [0.2, 0.25) is 0 Å². The van der Waals surface area contributed by atoms with Crippen LogP contribution in [0.1, 0.15) is 50.6 Å². The molecule has 0 bridgehead atoms. The van der Waals surface area contributed by atoms with Crippen LogP contribution in [-0.4, -0.2) is 29.1 Å². The van der Waals surface area contributed by atoms with E-state index in [1.165, 1.54) is 12.1 Å². The molecule has 2 heterocycles. The molecule has 0 spiro atoms. The van der Waals surface area contributed by atoms with Crippen molar-refractivity contribution in [3.05, 3.63) is 58.5 Å². The number of rotatable bonds is 5. The van der Waals surface area contributed by atoms with Crippen LogP contribution in [0.5, 0.6) is 5.75 Å². The molecule has 0 saturated carbocycles. The number of aromatic carboxylic acids is 1. The highest BCUT2D eigenvalue weighted by molar-refractivity contribution is 7.15. The molecule has 0 saturated heterocycles. The number of carbonyl (C=O) groups excluding carboxylic acids is 1. The van der Waals surface area contributed by atoms with Gasteiger partial charge < -0.3 is 19.6 Å². The van der Waals surface area contributed by atoms with Crippen LogP contribution in [0.3, 0.4) is 0 Å². The van der Waals surface area contributed by atoms with Crippen LogP contribution in [0, 0.1) is 0 Å². The zero-order valence-electron chi connectivity index (χ0n) is 15.1. The number of aryl methyl sites for hydroxylation is 1. The minimum Gasteiger partial charge on any atom is -0.497 e. The molecule has 0 radical (unpaired) electrons. The monoisotopic (exact) mass is 398 g/mol. The highest BCUT2D eigenvalue weighted by Gasteiger charge is 2.27. The number of nitrogens with one attached hydrogen (secondary N) is 1. The van der Waals surface area contributed by atoms with Gasteiger partial charge in [-0.3, -0.25) is 4.79 Å². The quantitative estimate of drug-likeness (QED) is 0.675. The lowest BCUT2D eigenvalue weighted by molar-refractivity contribution is 0.0659. The van der Waals surface area contributed by atoms with Gasteiger partial charge in [0.15, 0.2) is 5.76 Å². The first-order chi connectivity index (χ1) is 13.5. The van der Waals surface area contributed by atoms with E-state index in [1.54, 1.807) is 18.4 Å². The summed E-state index contributed by atoms with van der Waals surface area (Å²) in [6.45, 7) is 0. The Morgan fingerprint density at radius 1 is 1.21 bits per heavy atom. The smallest absolute Gasteiger partial charge is 0.371 e. The van der Waals surface area contributed by atoms with E-state index in [9.17, 15) is 9.59 Å². The number of carboxylic acids is 1. The van der Waals surface area contributed by atoms with E-state index >= 15 is 0 Å². The van der Waals surface area contributed by atoms with Crippen molar-refractivity contribution >= 4 is 23.2 Å². The van der Waals surface area contributed by atoms with E-state index in [-0.39, 0.29) is 17.6 Å². The number of aromatic nitrogens is 1. The zero-order valence-corrected chi connectivity index (χ0v) is 15.9. The molecule has 144 valence electrons. The number of amides is 1. The Bertz CT molecular complexity index is 1020. The topological polar surface area (TPSA) is 102 Å². The molecule has 4 rings (SSSR count). The molecule has 0 fully saturated rings. The highest BCUT2D eigenvalue weighted by atomic mass is 32.1.